The molecule has 5 aliphatic rings. The van der Waals surface area contributed by atoms with Crippen LogP contribution in [0.1, 0.15) is 39.5 Å². The molecule has 0 N–H and O–H groups in total. The number of carbonyl (C=O) groups is 1. The molecule has 5 fully saturated rings. The number of hydrogen-bond acceptors (Lipinski definition) is 5. The summed E-state index contributed by atoms with van der Waals surface area (Å²) < 4.78 is 12.6. The second kappa shape index (κ2) is 7.10. The molecule has 0 aromatic heterocycles. The number of hydrogen-bond donors (Lipinski definition) is 0. The standard InChI is InChI=1S/C25H33ClN2O3/c1-16-5-4-8-24(2)14-20-21(22-25(16,24)31-22)19(23(29)30-20)15-27-9-11-28(12-10-27)18-7-3-6-17(26)13-18/h3,6-7,13,16,19-22H,4-5,8-12,14-15H2,1-2H3/t16-,19+,20-,21+,22+,24+,25-/m1/s1. The first-order valence-electron chi connectivity index (χ1n) is 12.0. The van der Waals surface area contributed by atoms with E-state index >= 15 is 0 Å². The molecule has 0 bridgehead atoms. The minimum atomic E-state index is -0.0502. The van der Waals surface area contributed by atoms with E-state index in [4.69, 9.17) is 21.1 Å². The smallest absolute Gasteiger partial charge is 0.311 e. The van der Waals surface area contributed by atoms with Crippen molar-refractivity contribution in [2.45, 2.75) is 57.3 Å². The quantitative estimate of drug-likeness (QED) is 0.521. The summed E-state index contributed by atoms with van der Waals surface area (Å²) in [4.78, 5) is 17.8. The molecule has 3 aliphatic heterocycles. The molecule has 0 unspecified atom stereocenters. The van der Waals surface area contributed by atoms with Crippen molar-refractivity contribution in [3.05, 3.63) is 29.3 Å². The van der Waals surface area contributed by atoms with Crippen LogP contribution in [0.5, 0.6) is 0 Å². The van der Waals surface area contributed by atoms with Crippen molar-refractivity contribution in [3.8, 4) is 0 Å². The predicted octanol–water partition coefficient (Wildman–Crippen LogP) is 3.99. The Labute approximate surface area is 190 Å². The van der Waals surface area contributed by atoms with Gasteiger partial charge in [0.1, 0.15) is 11.7 Å². The lowest BCUT2D eigenvalue weighted by atomic mass is 9.53. The molecule has 2 aliphatic carbocycles. The van der Waals surface area contributed by atoms with Crippen LogP contribution in [0.2, 0.25) is 5.02 Å². The van der Waals surface area contributed by atoms with Crippen LogP contribution in [-0.4, -0.2) is 61.4 Å². The van der Waals surface area contributed by atoms with E-state index < -0.39 is 0 Å². The van der Waals surface area contributed by atoms with Crippen molar-refractivity contribution in [2.75, 3.05) is 37.6 Å². The Morgan fingerprint density at radius 2 is 2.03 bits per heavy atom. The number of anilines is 1. The molecule has 3 heterocycles. The summed E-state index contributed by atoms with van der Waals surface area (Å²) in [5.41, 5.74) is 1.33. The number of benzene rings is 1. The molecule has 1 aromatic carbocycles. The lowest BCUT2D eigenvalue weighted by molar-refractivity contribution is -0.146. The zero-order valence-corrected chi connectivity index (χ0v) is 19.3. The van der Waals surface area contributed by atoms with Crippen LogP contribution in [0.25, 0.3) is 0 Å². The first-order chi connectivity index (χ1) is 14.9. The Kier molecular flexibility index (Phi) is 4.65. The third kappa shape index (κ3) is 2.99. The van der Waals surface area contributed by atoms with Gasteiger partial charge in [0.05, 0.1) is 12.0 Å². The average molecular weight is 445 g/mol. The third-order valence-corrected chi connectivity index (χ3v) is 9.43. The van der Waals surface area contributed by atoms with Crippen LogP contribution in [0.4, 0.5) is 5.69 Å². The molecule has 7 atom stereocenters. The Bertz CT molecular complexity index is 887. The fourth-order valence-corrected chi connectivity index (χ4v) is 7.77. The van der Waals surface area contributed by atoms with E-state index in [0.29, 0.717) is 5.92 Å². The van der Waals surface area contributed by atoms with Crippen molar-refractivity contribution in [2.24, 2.45) is 23.2 Å². The number of piperazine rings is 1. The Morgan fingerprint density at radius 3 is 2.81 bits per heavy atom. The van der Waals surface area contributed by atoms with Gasteiger partial charge in [-0.15, -0.1) is 0 Å². The first kappa shape index (κ1) is 20.3. The van der Waals surface area contributed by atoms with Crippen LogP contribution in [0.15, 0.2) is 24.3 Å². The van der Waals surface area contributed by atoms with E-state index in [-0.39, 0.29) is 41.0 Å². The Balaban J connectivity index is 1.14. The topological polar surface area (TPSA) is 45.3 Å². The van der Waals surface area contributed by atoms with Gasteiger partial charge >= 0.3 is 5.97 Å². The molecule has 3 saturated heterocycles. The van der Waals surface area contributed by atoms with E-state index in [0.717, 1.165) is 44.2 Å². The molecule has 0 radical (unpaired) electrons. The minimum Gasteiger partial charge on any atom is -0.462 e. The molecule has 5 nitrogen and oxygen atoms in total. The number of esters is 1. The normalized spacial score (nSPS) is 44.3. The Morgan fingerprint density at radius 1 is 1.23 bits per heavy atom. The van der Waals surface area contributed by atoms with E-state index in [1.807, 2.05) is 18.2 Å². The van der Waals surface area contributed by atoms with Crippen LogP contribution >= 0.6 is 11.6 Å². The fourth-order valence-electron chi connectivity index (χ4n) is 7.58. The van der Waals surface area contributed by atoms with Crippen LogP contribution in [0.3, 0.4) is 0 Å². The zero-order chi connectivity index (χ0) is 21.4. The minimum absolute atomic E-state index is 0.00724. The molecule has 2 saturated carbocycles. The number of epoxide rings is 1. The van der Waals surface area contributed by atoms with Gasteiger partial charge in [0.2, 0.25) is 0 Å². The first-order valence-corrected chi connectivity index (χ1v) is 12.4. The lowest BCUT2D eigenvalue weighted by Crippen LogP contribution is -2.55. The van der Waals surface area contributed by atoms with Gasteiger partial charge in [0.15, 0.2) is 0 Å². The number of ether oxygens (including phenoxy) is 2. The molecule has 6 heteroatoms. The summed E-state index contributed by atoms with van der Waals surface area (Å²) in [6.07, 6.45) is 4.93. The number of carbonyl (C=O) groups excluding carboxylic acids is 1. The summed E-state index contributed by atoms with van der Waals surface area (Å²) in [7, 11) is 0. The average Bonchev–Trinajstić information content (AvgIpc) is 3.43. The SMILES string of the molecule is C[C@@H]1CCC[C@@]2(C)C[C@H]3OC(=O)[C@@H](CN4CCN(c5cccc(Cl)c5)CC4)[C@@H]3[C@@H]3O[C@]132. The van der Waals surface area contributed by atoms with E-state index in [2.05, 4.69) is 29.7 Å². The van der Waals surface area contributed by atoms with E-state index in [9.17, 15) is 4.79 Å². The van der Waals surface area contributed by atoms with E-state index in [1.54, 1.807) is 0 Å². The summed E-state index contributed by atoms with van der Waals surface area (Å²) in [6.45, 7) is 9.36. The summed E-state index contributed by atoms with van der Waals surface area (Å²) in [5.74, 6) is 0.764. The third-order valence-electron chi connectivity index (χ3n) is 9.19. The van der Waals surface area contributed by atoms with Gasteiger partial charge in [-0.2, -0.15) is 0 Å². The Hall–Kier alpha value is -1.30. The largest absolute Gasteiger partial charge is 0.462 e. The number of nitrogens with zero attached hydrogens (tertiary/aromatic N) is 2. The highest BCUT2D eigenvalue weighted by Crippen LogP contribution is 2.70. The number of fused-ring (bicyclic) bond motifs is 2. The van der Waals surface area contributed by atoms with Gasteiger partial charge in [-0.1, -0.05) is 37.9 Å². The molecular weight excluding hydrogens is 412 g/mol. The maximum Gasteiger partial charge on any atom is 0.311 e. The molecule has 1 spiro atoms. The van der Waals surface area contributed by atoms with Crippen LogP contribution in [-0.2, 0) is 14.3 Å². The number of halogens is 1. The van der Waals surface area contributed by atoms with Crippen molar-refractivity contribution < 1.29 is 14.3 Å². The van der Waals surface area contributed by atoms with Gasteiger partial charge < -0.3 is 14.4 Å². The molecule has 168 valence electrons. The second-order valence-corrected chi connectivity index (χ2v) is 11.3. The zero-order valence-electron chi connectivity index (χ0n) is 18.6. The molecular formula is C25H33ClN2O3. The number of rotatable bonds is 3. The van der Waals surface area contributed by atoms with Crippen molar-refractivity contribution >= 4 is 23.3 Å². The maximum absolute atomic E-state index is 13.0. The van der Waals surface area contributed by atoms with Gasteiger partial charge in [-0.3, -0.25) is 9.69 Å². The highest BCUT2D eigenvalue weighted by Gasteiger charge is 2.78. The summed E-state index contributed by atoms with van der Waals surface area (Å²) >= 11 is 6.17. The fraction of sp³-hybridized carbons (Fsp3) is 0.720. The van der Waals surface area contributed by atoms with E-state index in [1.165, 1.54) is 24.9 Å². The van der Waals surface area contributed by atoms with Crippen molar-refractivity contribution in [1.82, 2.24) is 4.90 Å². The molecule has 6 rings (SSSR count). The lowest BCUT2D eigenvalue weighted by Gasteiger charge is -2.49. The van der Waals surface area contributed by atoms with Gasteiger partial charge in [0, 0.05) is 54.8 Å². The van der Waals surface area contributed by atoms with Gasteiger partial charge in [-0.25, -0.2) is 0 Å². The van der Waals surface area contributed by atoms with Crippen molar-refractivity contribution in [3.63, 3.8) is 0 Å². The predicted molar refractivity (Wildman–Crippen MR) is 120 cm³/mol. The van der Waals surface area contributed by atoms with Crippen LogP contribution in [0, 0.1) is 23.2 Å². The maximum atomic E-state index is 13.0. The summed E-state index contributed by atoms with van der Waals surface area (Å²) in [5, 5.41) is 0.777. The van der Waals surface area contributed by atoms with Crippen molar-refractivity contribution in [1.29, 1.82) is 0 Å². The second-order valence-electron chi connectivity index (χ2n) is 10.8. The van der Waals surface area contributed by atoms with Gasteiger partial charge in [0.25, 0.3) is 0 Å². The van der Waals surface area contributed by atoms with Crippen LogP contribution < -0.4 is 4.90 Å². The molecule has 0 amide bonds. The van der Waals surface area contributed by atoms with Gasteiger partial charge in [-0.05, 0) is 43.4 Å². The molecule has 31 heavy (non-hydrogen) atoms. The highest BCUT2D eigenvalue weighted by atomic mass is 35.5. The monoisotopic (exact) mass is 444 g/mol. The highest BCUT2D eigenvalue weighted by molar-refractivity contribution is 6.30. The summed E-state index contributed by atoms with van der Waals surface area (Å²) in [6, 6.07) is 8.07. The molecule has 1 aromatic rings.